The van der Waals surface area contributed by atoms with Crippen LogP contribution in [0.3, 0.4) is 0 Å². The zero-order chi connectivity index (χ0) is 30.6. The van der Waals surface area contributed by atoms with Crippen molar-refractivity contribution in [2.24, 2.45) is 0 Å². The van der Waals surface area contributed by atoms with E-state index in [1.165, 1.54) is 0 Å². The molecule has 0 radical (unpaired) electrons. The van der Waals surface area contributed by atoms with E-state index in [2.05, 4.69) is 78.2 Å². The second-order valence-electron chi connectivity index (χ2n) is 12.3. The van der Waals surface area contributed by atoms with Crippen molar-refractivity contribution in [2.75, 3.05) is 5.73 Å². The van der Waals surface area contributed by atoms with Gasteiger partial charge in [0.15, 0.2) is 5.76 Å². The third kappa shape index (κ3) is 4.90. The first-order chi connectivity index (χ1) is 21.1. The van der Waals surface area contributed by atoms with E-state index < -0.39 is 18.3 Å². The summed E-state index contributed by atoms with van der Waals surface area (Å²) in [5, 5.41) is 10.5. The highest BCUT2D eigenvalue weighted by atomic mass is 16.7. The van der Waals surface area contributed by atoms with Crippen molar-refractivity contribution in [3.05, 3.63) is 89.9 Å². The minimum Gasteiger partial charge on any atom is -0.463 e. The van der Waals surface area contributed by atoms with Gasteiger partial charge in [-0.2, -0.15) is 0 Å². The number of nitrogens with zero attached hydrogens (tertiary/aromatic N) is 5. The fraction of sp³-hybridized carbons (Fsp3) is 0.265. The maximum atomic E-state index is 6.71. The Morgan fingerprint density at radius 2 is 1.66 bits per heavy atom. The number of hydrogen-bond donors (Lipinski definition) is 1. The van der Waals surface area contributed by atoms with Crippen LogP contribution in [0.25, 0.3) is 44.5 Å². The largest absolute Gasteiger partial charge is 0.494 e. The molecular weight excluding hydrogens is 551 g/mol. The lowest BCUT2D eigenvalue weighted by atomic mass is 9.77. The summed E-state index contributed by atoms with van der Waals surface area (Å²) >= 11 is 0. The average Bonchev–Trinajstić information content (AvgIpc) is 3.62. The van der Waals surface area contributed by atoms with E-state index in [-0.39, 0.29) is 5.95 Å². The lowest BCUT2D eigenvalue weighted by molar-refractivity contribution is -0.0152. The smallest absolute Gasteiger partial charge is 0.463 e. The van der Waals surface area contributed by atoms with Crippen molar-refractivity contribution in [3.63, 3.8) is 0 Å². The van der Waals surface area contributed by atoms with Crippen molar-refractivity contribution in [1.82, 2.24) is 25.1 Å². The Kier molecular flexibility index (Phi) is 6.71. The molecule has 9 nitrogen and oxygen atoms in total. The first-order valence-electron chi connectivity index (χ1n) is 14.7. The van der Waals surface area contributed by atoms with Crippen molar-refractivity contribution in [1.29, 1.82) is 0 Å². The van der Waals surface area contributed by atoms with Crippen LogP contribution < -0.4 is 11.2 Å². The van der Waals surface area contributed by atoms with Crippen LogP contribution in [-0.4, -0.2) is 43.5 Å². The van der Waals surface area contributed by atoms with Gasteiger partial charge >= 0.3 is 7.12 Å². The van der Waals surface area contributed by atoms with Gasteiger partial charge in [-0.15, -0.1) is 10.2 Å². The fourth-order valence-corrected chi connectivity index (χ4v) is 6.08. The Morgan fingerprint density at radius 1 is 0.841 bits per heavy atom. The summed E-state index contributed by atoms with van der Waals surface area (Å²) in [6.45, 7) is 10.5. The topological polar surface area (TPSA) is 122 Å². The molecule has 0 saturated carbocycles. The molecule has 6 aromatic rings. The molecule has 7 rings (SSSR count). The van der Waals surface area contributed by atoms with Crippen LogP contribution in [0.2, 0.25) is 0 Å². The average molecular weight is 584 g/mol. The number of aryl methyl sites for hydroxylation is 3. The van der Waals surface area contributed by atoms with Crippen LogP contribution in [0.4, 0.5) is 5.95 Å². The molecule has 4 aromatic heterocycles. The highest BCUT2D eigenvalue weighted by Gasteiger charge is 2.54. The summed E-state index contributed by atoms with van der Waals surface area (Å²) in [6.07, 6.45) is 6.90. The van der Waals surface area contributed by atoms with E-state index in [0.717, 1.165) is 62.4 Å². The number of aromatic nitrogens is 5. The predicted octanol–water partition coefficient (Wildman–Crippen LogP) is 6.01. The van der Waals surface area contributed by atoms with E-state index in [9.17, 15) is 0 Å². The van der Waals surface area contributed by atoms with Crippen molar-refractivity contribution in [2.45, 2.75) is 58.7 Å². The number of hydrogen-bond acceptors (Lipinski definition) is 9. The molecule has 10 heteroatoms. The predicted molar refractivity (Wildman–Crippen MR) is 172 cm³/mol. The van der Waals surface area contributed by atoms with Crippen LogP contribution >= 0.6 is 0 Å². The van der Waals surface area contributed by atoms with Gasteiger partial charge in [-0.25, -0.2) is 4.98 Å². The Morgan fingerprint density at radius 3 is 2.48 bits per heavy atom. The summed E-state index contributed by atoms with van der Waals surface area (Å²) in [5.74, 6) is 0.667. The molecule has 1 saturated heterocycles. The molecule has 2 aromatic carbocycles. The summed E-state index contributed by atoms with van der Waals surface area (Å²) in [4.78, 5) is 13.8. The quantitative estimate of drug-likeness (QED) is 0.235. The number of furan rings is 1. The molecule has 44 heavy (non-hydrogen) atoms. The van der Waals surface area contributed by atoms with E-state index in [1.54, 1.807) is 6.26 Å². The molecule has 0 spiro atoms. The monoisotopic (exact) mass is 584 g/mol. The molecule has 1 aliphatic heterocycles. The van der Waals surface area contributed by atoms with Crippen LogP contribution in [-0.2, 0) is 15.7 Å². The lowest BCUT2D eigenvalue weighted by Crippen LogP contribution is -2.45. The van der Waals surface area contributed by atoms with E-state index in [4.69, 9.17) is 24.4 Å². The third-order valence-electron chi connectivity index (χ3n) is 8.88. The Bertz CT molecular complexity index is 2030. The van der Waals surface area contributed by atoms with Gasteiger partial charge in [-0.1, -0.05) is 18.2 Å². The second kappa shape index (κ2) is 10.5. The normalized spacial score (nSPS) is 18.0. The second-order valence-corrected chi connectivity index (χ2v) is 12.3. The van der Waals surface area contributed by atoms with Crippen molar-refractivity contribution in [3.8, 4) is 22.7 Å². The van der Waals surface area contributed by atoms with Crippen molar-refractivity contribution >= 4 is 40.3 Å². The third-order valence-corrected chi connectivity index (χ3v) is 8.88. The molecule has 220 valence electrons. The van der Waals surface area contributed by atoms with Gasteiger partial charge in [0.25, 0.3) is 0 Å². The molecule has 0 amide bonds. The maximum Gasteiger partial charge on any atom is 0.494 e. The van der Waals surface area contributed by atoms with Gasteiger partial charge in [0.1, 0.15) is 11.4 Å². The molecule has 1 atom stereocenters. The Balaban J connectivity index is 1.16. The molecule has 0 bridgehead atoms. The number of rotatable bonds is 6. The number of nitrogen functional groups attached to an aromatic ring is 1. The van der Waals surface area contributed by atoms with Gasteiger partial charge in [0, 0.05) is 28.7 Å². The number of nitrogens with two attached hydrogens (primary N) is 1. The van der Waals surface area contributed by atoms with Gasteiger partial charge < -0.3 is 19.5 Å². The number of fused-ring (bicyclic) bond motifs is 2. The minimum absolute atomic E-state index is 0.0890. The van der Waals surface area contributed by atoms with E-state index >= 15 is 0 Å². The highest BCUT2D eigenvalue weighted by molar-refractivity contribution is 6.62. The van der Waals surface area contributed by atoms with Crippen LogP contribution in [0.5, 0.6) is 0 Å². The summed E-state index contributed by atoms with van der Waals surface area (Å²) in [5.41, 5.74) is 13.0. The zero-order valence-electron chi connectivity index (χ0n) is 25.5. The first-order valence-corrected chi connectivity index (χ1v) is 14.7. The molecule has 1 fully saturated rings. The SMILES string of the molecule is Cc1cc(B2OC(C)(C)C(C)(CCc3cnc4c(C)cc(-c5nnc(N)nc5-c5ccco5)cc4c3)O2)cc2cccnc12. The Labute approximate surface area is 256 Å². The molecule has 1 unspecified atom stereocenters. The first kappa shape index (κ1) is 28.1. The molecule has 5 heterocycles. The standard InChI is InChI=1S/C34H33BN6O3/c1-20-14-24(30-31(27-9-7-13-42-27)39-32(36)41-40-30)17-25-16-22(19-38-29(20)25)10-11-34(5)33(3,4)43-35(44-34)26-15-21(2)28-23(18-26)8-6-12-37-28/h6-9,12-19H,10-11H2,1-5H3,(H2,36,39,41). The minimum atomic E-state index is -0.522. The molecular formula is C34H33BN6O3. The fourth-order valence-electron chi connectivity index (χ4n) is 6.08. The maximum absolute atomic E-state index is 6.71. The van der Waals surface area contributed by atoms with Crippen LogP contribution in [0.1, 0.15) is 43.9 Å². The Hall–Kier alpha value is -4.67. The van der Waals surface area contributed by atoms with Crippen molar-refractivity contribution < 1.29 is 13.7 Å². The van der Waals surface area contributed by atoms with Gasteiger partial charge in [0.2, 0.25) is 5.95 Å². The van der Waals surface area contributed by atoms with Gasteiger partial charge in [-0.05, 0) is 106 Å². The molecule has 1 aliphatic rings. The number of pyridine rings is 2. The zero-order valence-corrected chi connectivity index (χ0v) is 25.5. The lowest BCUT2D eigenvalue weighted by Gasteiger charge is -2.36. The summed E-state index contributed by atoms with van der Waals surface area (Å²) in [7, 11) is -0.462. The van der Waals surface area contributed by atoms with Gasteiger partial charge in [-0.3, -0.25) is 9.97 Å². The summed E-state index contributed by atoms with van der Waals surface area (Å²) in [6, 6.07) is 18.2. The number of anilines is 1. The molecule has 2 N–H and O–H groups in total. The highest BCUT2D eigenvalue weighted by Crippen LogP contribution is 2.41. The van der Waals surface area contributed by atoms with Crippen LogP contribution in [0, 0.1) is 13.8 Å². The molecule has 0 aliphatic carbocycles. The van der Waals surface area contributed by atoms with Crippen LogP contribution in [0.15, 0.2) is 77.7 Å². The number of benzene rings is 2. The van der Waals surface area contributed by atoms with E-state index in [1.807, 2.05) is 43.6 Å². The summed E-state index contributed by atoms with van der Waals surface area (Å²) < 4.78 is 18.9. The van der Waals surface area contributed by atoms with E-state index in [0.29, 0.717) is 17.1 Å². The van der Waals surface area contributed by atoms with Gasteiger partial charge in [0.05, 0.1) is 28.5 Å².